The summed E-state index contributed by atoms with van der Waals surface area (Å²) in [6, 6.07) is 0.650. The molecule has 1 unspecified atom stereocenters. The van der Waals surface area contributed by atoms with Crippen LogP contribution in [0, 0.1) is 5.92 Å². The zero-order chi connectivity index (χ0) is 38.5. The number of hydrogen-bond donors (Lipinski definition) is 7. The molecular formula is C35H52N8O8S. The fourth-order valence-corrected chi connectivity index (χ4v) is 6.48. The molecule has 16 nitrogen and oxygen atoms in total. The van der Waals surface area contributed by atoms with Crippen molar-refractivity contribution in [1.82, 2.24) is 36.8 Å². The van der Waals surface area contributed by atoms with Gasteiger partial charge in [0.1, 0.15) is 42.3 Å². The minimum Gasteiger partial charge on any atom is -0.370 e. The highest BCUT2D eigenvalue weighted by Gasteiger charge is 2.41. The number of rotatable bonds is 9. The van der Waals surface area contributed by atoms with Gasteiger partial charge >= 0.3 is 0 Å². The van der Waals surface area contributed by atoms with Gasteiger partial charge in [-0.2, -0.15) is 11.8 Å². The lowest BCUT2D eigenvalue weighted by molar-refractivity contribution is -0.143. The molecular weight excluding hydrogens is 692 g/mol. The Morgan fingerprint density at radius 1 is 0.808 bits per heavy atom. The van der Waals surface area contributed by atoms with Crippen LogP contribution in [0.25, 0.3) is 0 Å². The van der Waals surface area contributed by atoms with Crippen LogP contribution in [-0.4, -0.2) is 113 Å². The second-order valence-corrected chi connectivity index (χ2v) is 14.3. The predicted octanol–water partition coefficient (Wildman–Crippen LogP) is -1.14. The van der Waals surface area contributed by atoms with Gasteiger partial charge in [0.05, 0.1) is 6.42 Å². The molecule has 0 bridgehead atoms. The first-order valence-corrected chi connectivity index (χ1v) is 19.0. The zero-order valence-electron chi connectivity index (χ0n) is 30.4. The molecule has 8 N–H and O–H groups in total. The Bertz CT molecular complexity index is 1480. The maximum atomic E-state index is 14.1. The summed E-state index contributed by atoms with van der Waals surface area (Å²) in [5, 5.41) is 15.7. The van der Waals surface area contributed by atoms with E-state index in [4.69, 9.17) is 5.73 Å². The van der Waals surface area contributed by atoms with E-state index in [2.05, 4.69) is 31.9 Å². The minimum absolute atomic E-state index is 0.00466. The molecule has 3 rings (SSSR count). The molecule has 17 heteroatoms. The quantitative estimate of drug-likeness (QED) is 0.162. The van der Waals surface area contributed by atoms with Crippen molar-refractivity contribution in [3.63, 3.8) is 0 Å². The van der Waals surface area contributed by atoms with E-state index in [1.807, 2.05) is 13.2 Å². The highest BCUT2D eigenvalue weighted by molar-refractivity contribution is 7.98. The van der Waals surface area contributed by atoms with Crippen LogP contribution >= 0.6 is 11.8 Å². The van der Waals surface area contributed by atoms with Crippen LogP contribution in [0.15, 0.2) is 30.3 Å². The average Bonchev–Trinajstić information content (AvgIpc) is 3.61. The summed E-state index contributed by atoms with van der Waals surface area (Å²) in [7, 11) is 0. The lowest BCUT2D eigenvalue weighted by Crippen LogP contribution is -2.60. The number of primary amides is 1. The van der Waals surface area contributed by atoms with Crippen LogP contribution in [0.4, 0.5) is 0 Å². The van der Waals surface area contributed by atoms with Gasteiger partial charge in [0.15, 0.2) is 0 Å². The zero-order valence-corrected chi connectivity index (χ0v) is 31.2. The number of nitrogens with zero attached hydrogens (tertiary/aromatic N) is 1. The van der Waals surface area contributed by atoms with Gasteiger partial charge in [0, 0.05) is 13.0 Å². The third-order valence-electron chi connectivity index (χ3n) is 9.32. The van der Waals surface area contributed by atoms with Crippen molar-refractivity contribution in [2.45, 2.75) is 109 Å². The Balaban J connectivity index is 2.05. The molecule has 2 fully saturated rings. The fraction of sp³-hybridized carbons (Fsp3) is 0.600. The summed E-state index contributed by atoms with van der Waals surface area (Å²) < 4.78 is 0. The molecule has 8 atom stereocenters. The number of hydrogen-bond acceptors (Lipinski definition) is 9. The maximum Gasteiger partial charge on any atom is 0.246 e. The number of fused-ring (bicyclic) bond motifs is 1. The summed E-state index contributed by atoms with van der Waals surface area (Å²) >= 11 is 1.44. The van der Waals surface area contributed by atoms with Crippen LogP contribution in [0.2, 0.25) is 0 Å². The second-order valence-electron chi connectivity index (χ2n) is 13.3. The Hall–Kier alpha value is -4.67. The van der Waals surface area contributed by atoms with Crippen LogP contribution in [0.1, 0.15) is 65.4 Å². The van der Waals surface area contributed by atoms with E-state index in [0.29, 0.717) is 30.6 Å². The van der Waals surface area contributed by atoms with Gasteiger partial charge in [-0.3, -0.25) is 38.4 Å². The molecule has 2 aliphatic heterocycles. The normalized spacial score (nSPS) is 27.8. The lowest BCUT2D eigenvalue weighted by atomic mass is 9.96. The van der Waals surface area contributed by atoms with E-state index < -0.39 is 96.0 Å². The van der Waals surface area contributed by atoms with Crippen LogP contribution in [0.3, 0.4) is 0 Å². The second kappa shape index (κ2) is 19.8. The number of nitrogens with one attached hydrogen (secondary N) is 6. The summed E-state index contributed by atoms with van der Waals surface area (Å²) in [6.45, 7) is 6.71. The van der Waals surface area contributed by atoms with E-state index >= 15 is 0 Å². The number of thioether (sulfide) groups is 1. The average molecular weight is 745 g/mol. The number of carbonyl (C=O) groups is 8. The standard InChI is InChI=1S/C35H52N8O8S/c1-6-19(2)28-35(51)43-15-10-13-26(43)34(50)41-24(17-22-11-8-7-9-12-22)33(49)40-25(18-27(36)44)32(48)38-20(3)29(45)39-23(14-16-52-5)31(47)37-21(4)30(46)42-28/h7-9,11-12,19-21,23-26,28H,6,10,13-18H2,1-5H3,(H2,36,44)(H,37,47)(H,38,48)(H,39,45)(H,40,49)(H,41,50)(H,42,46)/t19-,20-,21-,23-,24-,25+,26-,28?/m0/s1. The van der Waals surface area contributed by atoms with E-state index in [-0.39, 0.29) is 25.3 Å². The number of nitrogens with two attached hydrogens (primary N) is 1. The van der Waals surface area contributed by atoms with E-state index in [0.717, 1.165) is 0 Å². The molecule has 2 heterocycles. The first kappa shape index (κ1) is 41.7. The molecule has 0 spiro atoms. The van der Waals surface area contributed by atoms with Crippen molar-refractivity contribution in [3.8, 4) is 0 Å². The Morgan fingerprint density at radius 2 is 1.37 bits per heavy atom. The van der Waals surface area contributed by atoms with Gasteiger partial charge in [-0.15, -0.1) is 0 Å². The molecule has 0 saturated carbocycles. The van der Waals surface area contributed by atoms with Crippen molar-refractivity contribution < 1.29 is 38.4 Å². The Morgan fingerprint density at radius 3 is 1.96 bits per heavy atom. The highest BCUT2D eigenvalue weighted by Crippen LogP contribution is 2.22. The first-order valence-electron chi connectivity index (χ1n) is 17.6. The predicted molar refractivity (Wildman–Crippen MR) is 194 cm³/mol. The van der Waals surface area contributed by atoms with Gasteiger partial charge < -0.3 is 42.5 Å². The van der Waals surface area contributed by atoms with E-state index in [1.54, 1.807) is 37.3 Å². The number of carbonyl (C=O) groups excluding carboxylic acids is 8. The summed E-state index contributed by atoms with van der Waals surface area (Å²) in [4.78, 5) is 109. The molecule has 0 radical (unpaired) electrons. The summed E-state index contributed by atoms with van der Waals surface area (Å²) in [5.74, 6) is -5.59. The summed E-state index contributed by atoms with van der Waals surface area (Å²) in [5.41, 5.74) is 6.11. The molecule has 2 saturated heterocycles. The molecule has 52 heavy (non-hydrogen) atoms. The molecule has 1 aromatic rings. The highest BCUT2D eigenvalue weighted by atomic mass is 32.2. The number of amides is 8. The maximum absolute atomic E-state index is 14.1. The van der Waals surface area contributed by atoms with Crippen LogP contribution in [0.5, 0.6) is 0 Å². The minimum atomic E-state index is -1.51. The molecule has 8 amide bonds. The van der Waals surface area contributed by atoms with Gasteiger partial charge in [0.2, 0.25) is 47.3 Å². The Labute approximate surface area is 308 Å². The fourth-order valence-electron chi connectivity index (χ4n) is 6.01. The van der Waals surface area contributed by atoms with E-state index in [1.165, 1.54) is 30.5 Å². The first-order chi connectivity index (χ1) is 24.7. The van der Waals surface area contributed by atoms with Gasteiger partial charge in [0.25, 0.3) is 0 Å². The smallest absolute Gasteiger partial charge is 0.246 e. The van der Waals surface area contributed by atoms with Crippen molar-refractivity contribution in [2.75, 3.05) is 18.6 Å². The molecule has 0 aliphatic carbocycles. The topological polar surface area (TPSA) is 238 Å². The third kappa shape index (κ3) is 11.7. The molecule has 0 aromatic heterocycles. The SMILES string of the molecule is CC[C@H](C)C1NC(=O)[C@H](C)NC(=O)[C@H](CCSC)NC(=O)[C@H](C)NC(=O)[C@@H](CC(N)=O)NC(=O)[C@H](Cc2ccccc2)NC(=O)[C@@H]2CCCN2C1=O. The molecule has 286 valence electrons. The van der Waals surface area contributed by atoms with Crippen molar-refractivity contribution in [2.24, 2.45) is 11.7 Å². The number of benzene rings is 1. The summed E-state index contributed by atoms with van der Waals surface area (Å²) in [6.07, 6.45) is 2.72. The Kier molecular flexibility index (Phi) is 15.9. The van der Waals surface area contributed by atoms with Crippen molar-refractivity contribution in [1.29, 1.82) is 0 Å². The van der Waals surface area contributed by atoms with Gasteiger partial charge in [-0.1, -0.05) is 50.6 Å². The molecule has 1 aromatic carbocycles. The van der Waals surface area contributed by atoms with Crippen molar-refractivity contribution in [3.05, 3.63) is 35.9 Å². The van der Waals surface area contributed by atoms with Crippen molar-refractivity contribution >= 4 is 59.0 Å². The van der Waals surface area contributed by atoms with Gasteiger partial charge in [-0.25, -0.2) is 0 Å². The van der Waals surface area contributed by atoms with E-state index in [9.17, 15) is 38.4 Å². The lowest BCUT2D eigenvalue weighted by Gasteiger charge is -2.32. The monoisotopic (exact) mass is 744 g/mol. The third-order valence-corrected chi connectivity index (χ3v) is 9.96. The van der Waals surface area contributed by atoms with Gasteiger partial charge in [-0.05, 0) is 56.6 Å². The largest absolute Gasteiger partial charge is 0.370 e. The molecule has 2 aliphatic rings. The van der Waals surface area contributed by atoms with Crippen LogP contribution < -0.4 is 37.6 Å². The van der Waals surface area contributed by atoms with Crippen LogP contribution in [-0.2, 0) is 44.8 Å².